The predicted octanol–water partition coefficient (Wildman–Crippen LogP) is 2.25. The van der Waals surface area contributed by atoms with Crippen molar-refractivity contribution in [1.29, 1.82) is 0 Å². The average molecular weight is 283 g/mol. The number of hydrogen-bond acceptors (Lipinski definition) is 2. The number of carboxylic acids is 1. The second-order valence-electron chi connectivity index (χ2n) is 5.30. The molecule has 6 heteroatoms. The van der Waals surface area contributed by atoms with E-state index in [2.05, 4.69) is 5.32 Å². The van der Waals surface area contributed by atoms with Crippen molar-refractivity contribution in [3.05, 3.63) is 35.6 Å². The molecule has 1 saturated carbocycles. The highest BCUT2D eigenvalue weighted by atomic mass is 19.3. The molecule has 1 atom stereocenters. The minimum atomic E-state index is -2.93. The number of carboxylic acid groups (broad SMARTS) is 1. The highest BCUT2D eigenvalue weighted by molar-refractivity contribution is 5.81. The second-order valence-corrected chi connectivity index (χ2v) is 5.30. The Morgan fingerprint density at radius 1 is 1.40 bits per heavy atom. The van der Waals surface area contributed by atoms with Crippen molar-refractivity contribution in [3.8, 4) is 0 Å². The first-order valence-corrected chi connectivity index (χ1v) is 6.23. The molecular formula is C14H15F2NO3. The summed E-state index contributed by atoms with van der Waals surface area (Å²) >= 11 is 0. The number of rotatable bonds is 4. The summed E-state index contributed by atoms with van der Waals surface area (Å²) in [7, 11) is 0. The maximum atomic E-state index is 13.2. The Labute approximate surface area is 114 Å². The molecule has 0 saturated heterocycles. The summed E-state index contributed by atoms with van der Waals surface area (Å²) in [6.07, 6.45) is 5.55. The molecular weight excluding hydrogens is 268 g/mol. The summed E-state index contributed by atoms with van der Waals surface area (Å²) in [5.74, 6) is -4.33. The minimum Gasteiger partial charge on any atom is -0.481 e. The van der Waals surface area contributed by atoms with Gasteiger partial charge in [-0.25, -0.2) is 8.78 Å². The number of carbonyl (C=O) groups is 2. The van der Waals surface area contributed by atoms with E-state index in [1.165, 1.54) is 12.2 Å². The molecule has 1 fully saturated rings. The fraction of sp³-hybridized carbons (Fsp3) is 0.429. The third-order valence-electron chi connectivity index (χ3n) is 3.64. The van der Waals surface area contributed by atoms with Gasteiger partial charge in [0.25, 0.3) is 5.92 Å². The fourth-order valence-electron chi connectivity index (χ4n) is 2.70. The molecule has 2 N–H and O–H groups in total. The van der Waals surface area contributed by atoms with Crippen molar-refractivity contribution in [1.82, 2.24) is 5.32 Å². The van der Waals surface area contributed by atoms with Gasteiger partial charge in [-0.1, -0.05) is 25.2 Å². The summed E-state index contributed by atoms with van der Waals surface area (Å²) in [5, 5.41) is 11.8. The zero-order valence-electron chi connectivity index (χ0n) is 10.9. The third-order valence-corrected chi connectivity index (χ3v) is 3.64. The van der Waals surface area contributed by atoms with Crippen LogP contribution in [0.5, 0.6) is 0 Å². The summed E-state index contributed by atoms with van der Waals surface area (Å²) < 4.78 is 26.3. The molecule has 0 heterocycles. The van der Waals surface area contributed by atoms with E-state index >= 15 is 0 Å². The standard InChI is InChI=1S/C14H15F2NO3/c1-9-4-10(2-3-11(5-9)17-8-18)13(12(19)20)6-14(15,16)7-13/h2-5,8-9H,6-7H2,1H3,(H,17,18)(H,19,20). The predicted molar refractivity (Wildman–Crippen MR) is 67.9 cm³/mol. The first-order valence-electron chi connectivity index (χ1n) is 6.23. The van der Waals surface area contributed by atoms with E-state index in [0.717, 1.165) is 0 Å². The van der Waals surface area contributed by atoms with Gasteiger partial charge in [0, 0.05) is 18.5 Å². The number of amides is 1. The van der Waals surface area contributed by atoms with Crippen LogP contribution in [0.4, 0.5) is 8.78 Å². The largest absolute Gasteiger partial charge is 0.481 e. The lowest BCUT2D eigenvalue weighted by Crippen LogP contribution is -2.52. The van der Waals surface area contributed by atoms with Crippen LogP contribution in [-0.4, -0.2) is 23.4 Å². The van der Waals surface area contributed by atoms with Crippen LogP contribution in [0.3, 0.4) is 0 Å². The van der Waals surface area contributed by atoms with Gasteiger partial charge >= 0.3 is 5.97 Å². The summed E-state index contributed by atoms with van der Waals surface area (Å²) in [6, 6.07) is 0. The molecule has 1 unspecified atom stereocenters. The van der Waals surface area contributed by atoms with E-state index in [9.17, 15) is 23.5 Å². The lowest BCUT2D eigenvalue weighted by Gasteiger charge is -2.45. The first kappa shape index (κ1) is 14.4. The lowest BCUT2D eigenvalue weighted by molar-refractivity contribution is -0.183. The van der Waals surface area contributed by atoms with Crippen molar-refractivity contribution in [2.45, 2.75) is 25.7 Å². The number of hydrogen-bond donors (Lipinski definition) is 2. The number of halogens is 2. The van der Waals surface area contributed by atoms with Crippen LogP contribution in [0.15, 0.2) is 35.6 Å². The maximum Gasteiger partial charge on any atom is 0.314 e. The summed E-state index contributed by atoms with van der Waals surface area (Å²) in [4.78, 5) is 21.9. The third kappa shape index (κ3) is 2.50. The molecule has 2 aliphatic carbocycles. The number of allylic oxidation sites excluding steroid dienone is 4. The molecule has 0 aromatic heterocycles. The maximum absolute atomic E-state index is 13.2. The van der Waals surface area contributed by atoms with Crippen LogP contribution in [0.25, 0.3) is 0 Å². The van der Waals surface area contributed by atoms with Gasteiger partial charge in [0.05, 0.1) is 0 Å². The Kier molecular flexibility index (Phi) is 3.50. The van der Waals surface area contributed by atoms with Crippen molar-refractivity contribution < 1.29 is 23.5 Å². The number of nitrogens with one attached hydrogen (secondary N) is 1. The molecule has 0 bridgehead atoms. The Balaban J connectivity index is 2.31. The van der Waals surface area contributed by atoms with E-state index in [1.807, 2.05) is 0 Å². The van der Waals surface area contributed by atoms with Gasteiger partial charge in [-0.05, 0) is 17.6 Å². The molecule has 0 aromatic carbocycles. The smallest absolute Gasteiger partial charge is 0.314 e. The van der Waals surface area contributed by atoms with Crippen LogP contribution in [-0.2, 0) is 9.59 Å². The molecule has 0 aliphatic heterocycles. The molecule has 108 valence electrons. The SMILES string of the molecule is CC1C=C(NC=O)C=CC(C2(C(=O)O)CC(F)(F)C2)=C1. The number of carbonyl (C=O) groups excluding carboxylic acids is 1. The monoisotopic (exact) mass is 283 g/mol. The van der Waals surface area contributed by atoms with Gasteiger partial charge in [0.1, 0.15) is 5.41 Å². The number of aliphatic carboxylic acids is 1. The molecule has 1 amide bonds. The van der Waals surface area contributed by atoms with Gasteiger partial charge in [0.2, 0.25) is 6.41 Å². The Bertz CT molecular complexity index is 527. The molecule has 0 spiro atoms. The van der Waals surface area contributed by atoms with Crippen molar-refractivity contribution in [3.63, 3.8) is 0 Å². The Morgan fingerprint density at radius 3 is 2.55 bits per heavy atom. The van der Waals surface area contributed by atoms with Crippen LogP contribution < -0.4 is 5.32 Å². The van der Waals surface area contributed by atoms with E-state index in [1.54, 1.807) is 19.1 Å². The van der Waals surface area contributed by atoms with Crippen LogP contribution in [0.2, 0.25) is 0 Å². The molecule has 20 heavy (non-hydrogen) atoms. The Morgan fingerprint density at radius 2 is 2.05 bits per heavy atom. The second kappa shape index (κ2) is 4.85. The van der Waals surface area contributed by atoms with Gasteiger partial charge in [-0.3, -0.25) is 9.59 Å². The quantitative estimate of drug-likeness (QED) is 0.778. The topological polar surface area (TPSA) is 66.4 Å². The van der Waals surface area contributed by atoms with E-state index < -0.39 is 30.1 Å². The molecule has 2 rings (SSSR count). The Hall–Kier alpha value is -1.98. The zero-order chi connectivity index (χ0) is 15.0. The normalized spacial score (nSPS) is 26.6. The van der Waals surface area contributed by atoms with Crippen LogP contribution >= 0.6 is 0 Å². The van der Waals surface area contributed by atoms with Gasteiger partial charge in [-0.15, -0.1) is 0 Å². The van der Waals surface area contributed by atoms with Crippen molar-refractivity contribution in [2.75, 3.05) is 0 Å². The molecule has 2 aliphatic rings. The van der Waals surface area contributed by atoms with E-state index in [-0.39, 0.29) is 5.92 Å². The van der Waals surface area contributed by atoms with E-state index in [4.69, 9.17) is 0 Å². The van der Waals surface area contributed by atoms with Crippen LogP contribution in [0.1, 0.15) is 19.8 Å². The van der Waals surface area contributed by atoms with Gasteiger partial charge < -0.3 is 10.4 Å². The van der Waals surface area contributed by atoms with Gasteiger partial charge in [-0.2, -0.15) is 0 Å². The highest BCUT2D eigenvalue weighted by Gasteiger charge is 2.62. The summed E-state index contributed by atoms with van der Waals surface area (Å²) in [6.45, 7) is 1.80. The lowest BCUT2D eigenvalue weighted by atomic mass is 9.61. The molecule has 0 radical (unpaired) electrons. The number of alkyl halides is 2. The minimum absolute atomic E-state index is 0.159. The highest BCUT2D eigenvalue weighted by Crippen LogP contribution is 2.57. The van der Waals surface area contributed by atoms with Crippen LogP contribution in [0, 0.1) is 11.3 Å². The first-order chi connectivity index (χ1) is 9.29. The fourth-order valence-corrected chi connectivity index (χ4v) is 2.70. The zero-order valence-corrected chi connectivity index (χ0v) is 10.9. The summed E-state index contributed by atoms with van der Waals surface area (Å²) in [5.41, 5.74) is -0.647. The molecule has 4 nitrogen and oxygen atoms in total. The van der Waals surface area contributed by atoms with E-state index in [0.29, 0.717) is 17.7 Å². The van der Waals surface area contributed by atoms with Gasteiger partial charge in [0.15, 0.2) is 0 Å². The average Bonchev–Trinajstić information content (AvgIpc) is 2.47. The molecule has 0 aromatic rings. The van der Waals surface area contributed by atoms with Crippen molar-refractivity contribution >= 4 is 12.4 Å². The van der Waals surface area contributed by atoms with Crippen molar-refractivity contribution in [2.24, 2.45) is 11.3 Å².